The van der Waals surface area contributed by atoms with Crippen LogP contribution in [0.1, 0.15) is 60.7 Å². The van der Waals surface area contributed by atoms with Crippen LogP contribution in [0.4, 0.5) is 5.69 Å². The number of hydrogen-bond donors (Lipinski definition) is 2. The van der Waals surface area contributed by atoms with Crippen molar-refractivity contribution in [3.05, 3.63) is 29.3 Å². The number of ketones is 2. The molecule has 8 heteroatoms. The normalized spacial score (nSPS) is 20.4. The maximum Gasteiger partial charge on any atom is 0.264 e. The highest BCUT2D eigenvalue weighted by molar-refractivity contribution is 6.25. The minimum absolute atomic E-state index is 0.0306. The fourth-order valence-corrected chi connectivity index (χ4v) is 3.55. The number of imide groups is 1. The molecule has 148 valence electrons. The van der Waals surface area contributed by atoms with Gasteiger partial charge in [-0.2, -0.15) is 0 Å². The first-order valence-corrected chi connectivity index (χ1v) is 9.33. The van der Waals surface area contributed by atoms with E-state index in [9.17, 15) is 24.0 Å². The Hall–Kier alpha value is -3.03. The Balaban J connectivity index is 1.87. The van der Waals surface area contributed by atoms with Crippen LogP contribution in [0.2, 0.25) is 0 Å². The van der Waals surface area contributed by atoms with Gasteiger partial charge >= 0.3 is 0 Å². The number of Topliss-reactive ketones (excluding diaryl/α,β-unsaturated/α-hetero) is 2. The quantitative estimate of drug-likeness (QED) is 0.584. The summed E-state index contributed by atoms with van der Waals surface area (Å²) in [5, 5.41) is 5.77. The fourth-order valence-electron chi connectivity index (χ4n) is 3.55. The van der Waals surface area contributed by atoms with Gasteiger partial charge < -0.3 is 10.6 Å². The van der Waals surface area contributed by atoms with Crippen molar-refractivity contribution >= 4 is 35.0 Å². The van der Waals surface area contributed by atoms with Crippen LogP contribution >= 0.6 is 0 Å². The van der Waals surface area contributed by atoms with E-state index in [2.05, 4.69) is 10.6 Å². The van der Waals surface area contributed by atoms with Gasteiger partial charge in [-0.15, -0.1) is 0 Å². The molecule has 2 atom stereocenters. The summed E-state index contributed by atoms with van der Waals surface area (Å²) in [4.78, 5) is 62.7. The molecule has 0 spiro atoms. The van der Waals surface area contributed by atoms with Gasteiger partial charge in [0.2, 0.25) is 5.91 Å². The van der Waals surface area contributed by atoms with Gasteiger partial charge in [-0.05, 0) is 39.3 Å². The Kier molecular flexibility index (Phi) is 5.31. The zero-order valence-corrected chi connectivity index (χ0v) is 16.1. The average Bonchev–Trinajstić information content (AvgIpc) is 2.87. The van der Waals surface area contributed by atoms with Crippen LogP contribution in [-0.2, 0) is 14.4 Å². The van der Waals surface area contributed by atoms with Crippen molar-refractivity contribution in [3.8, 4) is 0 Å². The SMILES string of the molecule is CC(C)NC(=O)C(C)Nc1cccc2c1C(=O)N(C1CCC(=O)CC1=O)C2=O. The average molecular weight is 385 g/mol. The second-order valence-corrected chi connectivity index (χ2v) is 7.47. The van der Waals surface area contributed by atoms with Crippen molar-refractivity contribution in [1.29, 1.82) is 0 Å². The molecule has 0 saturated heterocycles. The largest absolute Gasteiger partial charge is 0.373 e. The Morgan fingerprint density at radius 3 is 2.46 bits per heavy atom. The van der Waals surface area contributed by atoms with Gasteiger partial charge in [-0.25, -0.2) is 0 Å². The van der Waals surface area contributed by atoms with E-state index in [1.165, 1.54) is 6.07 Å². The van der Waals surface area contributed by atoms with E-state index >= 15 is 0 Å². The molecule has 2 unspecified atom stereocenters. The van der Waals surface area contributed by atoms with Crippen molar-refractivity contribution in [3.63, 3.8) is 0 Å². The number of hydrogen-bond acceptors (Lipinski definition) is 6. The summed E-state index contributed by atoms with van der Waals surface area (Å²) in [7, 11) is 0. The van der Waals surface area contributed by atoms with E-state index in [1.54, 1.807) is 19.1 Å². The van der Waals surface area contributed by atoms with Gasteiger partial charge in [0.25, 0.3) is 11.8 Å². The summed E-state index contributed by atoms with van der Waals surface area (Å²) >= 11 is 0. The molecule has 1 aliphatic heterocycles. The highest BCUT2D eigenvalue weighted by Gasteiger charge is 2.45. The van der Waals surface area contributed by atoms with Crippen LogP contribution in [-0.4, -0.2) is 52.3 Å². The Morgan fingerprint density at radius 1 is 1.11 bits per heavy atom. The maximum atomic E-state index is 13.0. The van der Waals surface area contributed by atoms with E-state index in [0.29, 0.717) is 5.69 Å². The number of nitrogens with one attached hydrogen (secondary N) is 2. The van der Waals surface area contributed by atoms with Crippen LogP contribution in [0, 0.1) is 0 Å². The molecule has 0 radical (unpaired) electrons. The second-order valence-electron chi connectivity index (χ2n) is 7.47. The van der Waals surface area contributed by atoms with Crippen molar-refractivity contribution < 1.29 is 24.0 Å². The molecule has 0 aromatic heterocycles. The lowest BCUT2D eigenvalue weighted by molar-refractivity contribution is -0.132. The molecule has 1 heterocycles. The Morgan fingerprint density at radius 2 is 1.82 bits per heavy atom. The summed E-state index contributed by atoms with van der Waals surface area (Å²) in [6.45, 7) is 5.35. The van der Waals surface area contributed by atoms with Gasteiger partial charge in [0.1, 0.15) is 11.8 Å². The number of nitrogens with zero attached hydrogens (tertiary/aromatic N) is 1. The number of amides is 3. The lowest BCUT2D eigenvalue weighted by Crippen LogP contribution is -2.47. The zero-order chi connectivity index (χ0) is 20.6. The van der Waals surface area contributed by atoms with E-state index in [4.69, 9.17) is 0 Å². The van der Waals surface area contributed by atoms with Gasteiger partial charge in [-0.1, -0.05) is 6.07 Å². The highest BCUT2D eigenvalue weighted by atomic mass is 16.2. The van der Waals surface area contributed by atoms with Crippen LogP contribution in [0.5, 0.6) is 0 Å². The van der Waals surface area contributed by atoms with E-state index < -0.39 is 29.7 Å². The number of rotatable bonds is 5. The summed E-state index contributed by atoms with van der Waals surface area (Å²) in [6.07, 6.45) is 0.0655. The van der Waals surface area contributed by atoms with Gasteiger partial charge in [0.05, 0.1) is 23.6 Å². The first-order chi connectivity index (χ1) is 13.2. The van der Waals surface area contributed by atoms with Crippen LogP contribution in [0.3, 0.4) is 0 Å². The Bertz CT molecular complexity index is 877. The molecule has 2 aliphatic rings. The number of anilines is 1. The minimum Gasteiger partial charge on any atom is -0.373 e. The van der Waals surface area contributed by atoms with Crippen LogP contribution in [0.25, 0.3) is 0 Å². The molecule has 3 amide bonds. The molecule has 1 aromatic carbocycles. The molecular weight excluding hydrogens is 362 g/mol. The third-order valence-electron chi connectivity index (χ3n) is 4.89. The lowest BCUT2D eigenvalue weighted by Gasteiger charge is -2.27. The highest BCUT2D eigenvalue weighted by Crippen LogP contribution is 2.33. The van der Waals surface area contributed by atoms with E-state index in [-0.39, 0.29) is 48.1 Å². The predicted octanol–water partition coefficient (Wildman–Crippen LogP) is 1.30. The third-order valence-corrected chi connectivity index (χ3v) is 4.89. The monoisotopic (exact) mass is 385 g/mol. The summed E-state index contributed by atoms with van der Waals surface area (Å²) < 4.78 is 0. The minimum atomic E-state index is -0.917. The smallest absolute Gasteiger partial charge is 0.264 e. The number of benzene rings is 1. The molecule has 3 rings (SSSR count). The number of carbonyl (C=O) groups excluding carboxylic acids is 5. The van der Waals surface area contributed by atoms with Crippen LogP contribution < -0.4 is 10.6 Å². The first-order valence-electron chi connectivity index (χ1n) is 9.33. The standard InChI is InChI=1S/C20H23N3O5/c1-10(2)21-18(26)11(3)22-14-6-4-5-13-17(14)20(28)23(19(13)27)15-8-7-12(24)9-16(15)25/h4-6,10-11,15,22H,7-9H2,1-3H3,(H,21,26). The second kappa shape index (κ2) is 7.53. The first kappa shape index (κ1) is 19.7. The predicted molar refractivity (Wildman–Crippen MR) is 101 cm³/mol. The maximum absolute atomic E-state index is 13.0. The number of fused-ring (bicyclic) bond motifs is 1. The molecule has 1 saturated carbocycles. The zero-order valence-electron chi connectivity index (χ0n) is 16.1. The van der Waals surface area contributed by atoms with Gasteiger partial charge in [0, 0.05) is 18.2 Å². The molecule has 8 nitrogen and oxygen atoms in total. The molecule has 1 aromatic rings. The number of carbonyl (C=O) groups is 5. The van der Waals surface area contributed by atoms with Crippen molar-refractivity contribution in [1.82, 2.24) is 10.2 Å². The summed E-state index contributed by atoms with van der Waals surface area (Å²) in [6, 6.07) is 3.20. The van der Waals surface area contributed by atoms with Crippen molar-refractivity contribution in [2.45, 2.75) is 58.2 Å². The van der Waals surface area contributed by atoms with Crippen molar-refractivity contribution in [2.75, 3.05) is 5.32 Å². The van der Waals surface area contributed by atoms with Gasteiger partial charge in [-0.3, -0.25) is 28.9 Å². The molecular formula is C20H23N3O5. The lowest BCUT2D eigenvalue weighted by atomic mass is 9.92. The molecule has 28 heavy (non-hydrogen) atoms. The fraction of sp³-hybridized carbons (Fsp3) is 0.450. The molecule has 0 bridgehead atoms. The topological polar surface area (TPSA) is 113 Å². The molecule has 1 fully saturated rings. The summed E-state index contributed by atoms with van der Waals surface area (Å²) in [5.74, 6) is -1.94. The van der Waals surface area contributed by atoms with E-state index in [0.717, 1.165) is 4.90 Å². The Labute approximate surface area is 162 Å². The third kappa shape index (κ3) is 3.54. The summed E-state index contributed by atoms with van der Waals surface area (Å²) in [5.41, 5.74) is 0.710. The van der Waals surface area contributed by atoms with Crippen molar-refractivity contribution in [2.24, 2.45) is 0 Å². The van der Waals surface area contributed by atoms with E-state index in [1.807, 2.05) is 13.8 Å². The van der Waals surface area contributed by atoms with Crippen LogP contribution in [0.15, 0.2) is 18.2 Å². The molecule has 1 aliphatic carbocycles. The van der Waals surface area contributed by atoms with Gasteiger partial charge in [0.15, 0.2) is 5.78 Å². The molecule has 2 N–H and O–H groups in total.